The molecular weight excluding hydrogens is 370 g/mol. The maximum absolute atomic E-state index is 12.7. The molecule has 0 N–H and O–H groups in total. The fourth-order valence-electron chi connectivity index (χ4n) is 2.91. The Hall–Kier alpha value is -2.65. The fraction of sp³-hybridized carbons (Fsp3) is 0.333. The highest BCUT2D eigenvalue weighted by Gasteiger charge is 2.30. The molecule has 1 aliphatic heterocycles. The van der Waals surface area contributed by atoms with Gasteiger partial charge < -0.3 is 14.2 Å². The van der Waals surface area contributed by atoms with Gasteiger partial charge in [-0.3, -0.25) is 9.59 Å². The number of hydrogen-bond acceptors (Lipinski definition) is 5. The summed E-state index contributed by atoms with van der Waals surface area (Å²) < 4.78 is 33.2. The van der Waals surface area contributed by atoms with Crippen LogP contribution in [0.3, 0.4) is 0 Å². The predicted molar refractivity (Wildman–Crippen MR) is 99.0 cm³/mol. The average Bonchev–Trinajstić information content (AvgIpc) is 2.70. The van der Waals surface area contributed by atoms with Crippen LogP contribution in [0.5, 0.6) is 5.75 Å². The number of amides is 1. The number of piperazine rings is 1. The SMILES string of the molecule is COc1ccc(S(=O)(=O)N2CCN(C(=O)Cn3ccccc3=O)CC2)cc1. The van der Waals surface area contributed by atoms with Crippen molar-refractivity contribution in [3.05, 3.63) is 59.0 Å². The molecule has 0 atom stereocenters. The van der Waals surface area contributed by atoms with E-state index in [9.17, 15) is 18.0 Å². The quantitative estimate of drug-likeness (QED) is 0.736. The largest absolute Gasteiger partial charge is 0.497 e. The number of carbonyl (C=O) groups is 1. The molecule has 0 aliphatic carbocycles. The van der Waals surface area contributed by atoms with Crippen LogP contribution in [-0.2, 0) is 21.4 Å². The van der Waals surface area contributed by atoms with Crippen LogP contribution in [0.25, 0.3) is 0 Å². The summed E-state index contributed by atoms with van der Waals surface area (Å²) in [6, 6.07) is 10.9. The van der Waals surface area contributed by atoms with E-state index in [1.807, 2.05) is 0 Å². The summed E-state index contributed by atoms with van der Waals surface area (Å²) in [7, 11) is -2.10. The minimum atomic E-state index is -3.62. The van der Waals surface area contributed by atoms with Gasteiger partial charge in [0.25, 0.3) is 5.56 Å². The van der Waals surface area contributed by atoms with Crippen LogP contribution >= 0.6 is 0 Å². The van der Waals surface area contributed by atoms with Gasteiger partial charge in [0, 0.05) is 38.4 Å². The molecule has 0 saturated carbocycles. The Labute approximate surface area is 157 Å². The number of hydrogen-bond donors (Lipinski definition) is 0. The number of aromatic nitrogens is 1. The molecule has 27 heavy (non-hydrogen) atoms. The molecule has 144 valence electrons. The maximum Gasteiger partial charge on any atom is 0.250 e. The van der Waals surface area contributed by atoms with Crippen LogP contribution in [0, 0.1) is 0 Å². The van der Waals surface area contributed by atoms with Gasteiger partial charge in [-0.25, -0.2) is 8.42 Å². The standard InChI is InChI=1S/C18H21N3O5S/c1-26-15-5-7-16(8-6-15)27(24,25)21-12-10-19(11-13-21)18(23)14-20-9-3-2-4-17(20)22/h2-9H,10-14H2,1H3. The van der Waals surface area contributed by atoms with Gasteiger partial charge in [-0.2, -0.15) is 4.31 Å². The second-order valence-electron chi connectivity index (χ2n) is 6.13. The van der Waals surface area contributed by atoms with Gasteiger partial charge in [0.2, 0.25) is 15.9 Å². The Morgan fingerprint density at radius 1 is 1.04 bits per heavy atom. The zero-order chi connectivity index (χ0) is 19.4. The van der Waals surface area contributed by atoms with Crippen molar-refractivity contribution in [1.29, 1.82) is 0 Å². The van der Waals surface area contributed by atoms with Crippen LogP contribution < -0.4 is 10.3 Å². The van der Waals surface area contributed by atoms with Gasteiger partial charge in [0.05, 0.1) is 12.0 Å². The Kier molecular flexibility index (Phi) is 5.62. The average molecular weight is 391 g/mol. The first-order valence-corrected chi connectivity index (χ1v) is 9.93. The third-order valence-corrected chi connectivity index (χ3v) is 6.41. The van der Waals surface area contributed by atoms with Crippen molar-refractivity contribution in [2.45, 2.75) is 11.4 Å². The van der Waals surface area contributed by atoms with Crippen molar-refractivity contribution < 1.29 is 17.9 Å². The van der Waals surface area contributed by atoms with E-state index >= 15 is 0 Å². The number of sulfonamides is 1. The molecule has 1 aromatic heterocycles. The zero-order valence-corrected chi connectivity index (χ0v) is 15.8. The summed E-state index contributed by atoms with van der Waals surface area (Å²) >= 11 is 0. The minimum Gasteiger partial charge on any atom is -0.497 e. The molecule has 3 rings (SSSR count). The molecule has 1 fully saturated rings. The van der Waals surface area contributed by atoms with Crippen LogP contribution in [0.15, 0.2) is 58.4 Å². The molecule has 2 aromatic rings. The lowest BCUT2D eigenvalue weighted by Crippen LogP contribution is -2.51. The summed E-state index contributed by atoms with van der Waals surface area (Å²) in [6.07, 6.45) is 1.56. The normalized spacial score (nSPS) is 15.5. The molecular formula is C18H21N3O5S. The molecule has 9 heteroatoms. The Morgan fingerprint density at radius 2 is 1.70 bits per heavy atom. The molecule has 2 heterocycles. The summed E-state index contributed by atoms with van der Waals surface area (Å²) in [5.74, 6) is 0.380. The van der Waals surface area contributed by atoms with Gasteiger partial charge in [-0.15, -0.1) is 0 Å². The lowest BCUT2D eigenvalue weighted by atomic mass is 10.3. The summed E-state index contributed by atoms with van der Waals surface area (Å²) in [5.41, 5.74) is -0.244. The zero-order valence-electron chi connectivity index (χ0n) is 14.9. The van der Waals surface area contributed by atoms with Crippen molar-refractivity contribution in [3.8, 4) is 5.75 Å². The second kappa shape index (κ2) is 7.93. The summed E-state index contributed by atoms with van der Waals surface area (Å²) in [5, 5.41) is 0. The van der Waals surface area contributed by atoms with Crippen LogP contribution in [0.4, 0.5) is 0 Å². The molecule has 0 unspecified atom stereocenters. The lowest BCUT2D eigenvalue weighted by molar-refractivity contribution is -0.133. The summed E-state index contributed by atoms with van der Waals surface area (Å²) in [4.78, 5) is 25.9. The van der Waals surface area contributed by atoms with Gasteiger partial charge in [0.1, 0.15) is 12.3 Å². The molecule has 1 aromatic carbocycles. The van der Waals surface area contributed by atoms with E-state index in [-0.39, 0.29) is 49.1 Å². The van der Waals surface area contributed by atoms with Gasteiger partial charge in [-0.05, 0) is 30.3 Å². The number of nitrogens with zero attached hydrogens (tertiary/aromatic N) is 3. The van der Waals surface area contributed by atoms with Gasteiger partial charge >= 0.3 is 0 Å². The van der Waals surface area contributed by atoms with E-state index in [0.717, 1.165) is 0 Å². The Morgan fingerprint density at radius 3 is 2.30 bits per heavy atom. The van der Waals surface area contributed by atoms with Crippen molar-refractivity contribution in [1.82, 2.24) is 13.8 Å². The first kappa shape index (κ1) is 19.1. The van der Waals surface area contributed by atoms with Crippen LogP contribution in [0.2, 0.25) is 0 Å². The van der Waals surface area contributed by atoms with Crippen molar-refractivity contribution in [2.24, 2.45) is 0 Å². The van der Waals surface area contributed by atoms with E-state index in [1.54, 1.807) is 35.4 Å². The number of ether oxygens (including phenoxy) is 1. The monoisotopic (exact) mass is 391 g/mol. The maximum atomic E-state index is 12.7. The van der Waals surface area contributed by atoms with E-state index in [4.69, 9.17) is 4.74 Å². The molecule has 0 bridgehead atoms. The molecule has 1 amide bonds. The Bertz CT molecular complexity index is 961. The highest BCUT2D eigenvalue weighted by Crippen LogP contribution is 2.20. The third kappa shape index (κ3) is 4.20. The number of carbonyl (C=O) groups excluding carboxylic acids is 1. The topological polar surface area (TPSA) is 88.9 Å². The Balaban J connectivity index is 1.63. The van der Waals surface area contributed by atoms with Crippen LogP contribution in [0.1, 0.15) is 0 Å². The molecule has 0 radical (unpaired) electrons. The van der Waals surface area contributed by atoms with E-state index in [0.29, 0.717) is 5.75 Å². The lowest BCUT2D eigenvalue weighted by Gasteiger charge is -2.34. The number of pyridine rings is 1. The number of benzene rings is 1. The minimum absolute atomic E-state index is 0.0507. The highest BCUT2D eigenvalue weighted by atomic mass is 32.2. The number of methoxy groups -OCH3 is 1. The smallest absolute Gasteiger partial charge is 0.250 e. The molecule has 1 aliphatic rings. The molecule has 0 spiro atoms. The van der Waals surface area contributed by atoms with E-state index < -0.39 is 10.0 Å². The first-order valence-electron chi connectivity index (χ1n) is 8.49. The number of rotatable bonds is 5. The second-order valence-corrected chi connectivity index (χ2v) is 8.07. The van der Waals surface area contributed by atoms with Crippen molar-refractivity contribution in [2.75, 3.05) is 33.3 Å². The summed E-state index contributed by atoms with van der Waals surface area (Å²) in [6.45, 7) is 0.949. The molecule has 1 saturated heterocycles. The fourth-order valence-corrected chi connectivity index (χ4v) is 4.33. The van der Waals surface area contributed by atoms with Gasteiger partial charge in [-0.1, -0.05) is 6.07 Å². The van der Waals surface area contributed by atoms with Crippen molar-refractivity contribution >= 4 is 15.9 Å². The highest BCUT2D eigenvalue weighted by molar-refractivity contribution is 7.89. The predicted octanol–water partition coefficient (Wildman–Crippen LogP) is 0.390. The van der Waals surface area contributed by atoms with E-state index in [1.165, 1.54) is 34.2 Å². The van der Waals surface area contributed by atoms with Gasteiger partial charge in [0.15, 0.2) is 0 Å². The molecule has 8 nitrogen and oxygen atoms in total. The first-order chi connectivity index (χ1) is 12.9. The third-order valence-electron chi connectivity index (χ3n) is 4.49. The van der Waals surface area contributed by atoms with Crippen LogP contribution in [-0.4, -0.2) is 61.4 Å². The van der Waals surface area contributed by atoms with E-state index in [2.05, 4.69) is 0 Å². The van der Waals surface area contributed by atoms with Crippen molar-refractivity contribution in [3.63, 3.8) is 0 Å².